The first-order chi connectivity index (χ1) is 7.24. The first-order valence-corrected chi connectivity index (χ1v) is 6.07. The van der Waals surface area contributed by atoms with E-state index in [1.807, 2.05) is 0 Å². The molecule has 0 aliphatic heterocycles. The Kier molecular flexibility index (Phi) is 78.8. The summed E-state index contributed by atoms with van der Waals surface area (Å²) in [4.78, 5) is 0. The Labute approximate surface area is 121 Å². The molecule has 5 heteroatoms. The molecule has 0 aliphatic rings. The molecule has 0 saturated carbocycles. The van der Waals surface area contributed by atoms with Gasteiger partial charge in [-0.3, -0.25) is 0 Å². The quantitative estimate of drug-likeness (QED) is 0.481. The topological polar surface area (TPSA) is 95.7 Å². The Morgan fingerprint density at radius 1 is 0.647 bits per heavy atom. The number of hydrogen-bond acceptors (Lipinski definition) is 4. The van der Waals surface area contributed by atoms with E-state index in [9.17, 15) is 0 Å². The van der Waals surface area contributed by atoms with Crippen molar-refractivity contribution in [3.05, 3.63) is 0 Å². The van der Waals surface area contributed by atoms with Crippen LogP contribution in [0.5, 0.6) is 0 Å². The van der Waals surface area contributed by atoms with Crippen LogP contribution in [0.3, 0.4) is 0 Å². The van der Waals surface area contributed by atoms with Gasteiger partial charge < -0.3 is 22.9 Å². The van der Waals surface area contributed by atoms with E-state index in [1.54, 1.807) is 0 Å². The molecule has 6 N–H and O–H groups in total. The maximum absolute atomic E-state index is 8.07. The van der Waals surface area contributed by atoms with Gasteiger partial charge in [0, 0.05) is 19.8 Å². The molecular weight excluding hydrogens is 213 g/mol. The second kappa shape index (κ2) is 44.0. The number of aliphatic hydroxyl groups excluding tert-OH is 3. The molecule has 0 aromatic heterocycles. The van der Waals surface area contributed by atoms with Crippen LogP contribution in [0.25, 0.3) is 0 Å². The fraction of sp³-hybridized carbons (Fsp3) is 1.00. The third kappa shape index (κ3) is 82.7. The summed E-state index contributed by atoms with van der Waals surface area (Å²) in [6.45, 7) is 7.19. The fourth-order valence-electron chi connectivity index (χ4n) is 0.474. The Hall–Kier alpha value is 0.437. The zero-order valence-electron chi connectivity index (χ0n) is 13.4. The van der Waals surface area contributed by atoms with Gasteiger partial charge in [-0.05, 0) is 19.3 Å². The van der Waals surface area contributed by atoms with Gasteiger partial charge in [-0.15, -0.1) is 0 Å². The van der Waals surface area contributed by atoms with Crippen molar-refractivity contribution in [1.29, 1.82) is 0 Å². The summed E-state index contributed by atoms with van der Waals surface area (Å²) in [5, 5.41) is 24.2. The van der Waals surface area contributed by atoms with E-state index in [-0.39, 0.29) is 26.4 Å². The summed E-state index contributed by atoms with van der Waals surface area (Å²) in [7, 11) is 0. The van der Waals surface area contributed by atoms with Gasteiger partial charge in [0.05, 0.1) is 0 Å². The summed E-state index contributed by atoms with van der Waals surface area (Å²) in [5.74, 6) is 0. The van der Waals surface area contributed by atoms with Crippen molar-refractivity contribution < 1.29 is 35.6 Å². The van der Waals surface area contributed by atoms with Crippen LogP contribution < -0.4 is 25.0 Å². The number of rotatable bonds is 6. The minimum Gasteiger partial charge on any atom is -1.00 e. The maximum atomic E-state index is 8.07. The predicted octanol–water partition coefficient (Wildman–Crippen LogP) is -0.385. The zero-order chi connectivity index (χ0) is 12.4. The Bertz CT molecular complexity index is 64.1. The van der Waals surface area contributed by atoms with Crippen LogP contribution in [0.15, 0.2) is 0 Å². The molecule has 0 spiro atoms. The normalized spacial score (nSPS) is 7.41. The smallest absolute Gasteiger partial charge is 1.00 e. The van der Waals surface area contributed by atoms with Gasteiger partial charge in [-0.1, -0.05) is 40.0 Å². The van der Waals surface area contributed by atoms with Gasteiger partial charge in [0.25, 0.3) is 0 Å². The second-order valence-electron chi connectivity index (χ2n) is 3.23. The summed E-state index contributed by atoms with van der Waals surface area (Å²) >= 11 is 0. The molecular formula is C12H34LiNO3. The van der Waals surface area contributed by atoms with Crippen LogP contribution in [-0.4, -0.2) is 35.1 Å². The molecule has 0 aromatic carbocycles. The van der Waals surface area contributed by atoms with Gasteiger partial charge >= 0.3 is 18.9 Å². The SMILES string of the molecule is CCCCO.CCCCO.CCCCO.N.[H-].[Li+]. The van der Waals surface area contributed by atoms with E-state index < -0.39 is 0 Å². The summed E-state index contributed by atoms with van der Waals surface area (Å²) in [6.07, 6.45) is 6.11. The van der Waals surface area contributed by atoms with Gasteiger partial charge in [0.15, 0.2) is 0 Å². The molecule has 0 atom stereocenters. The molecule has 4 nitrogen and oxygen atoms in total. The molecule has 17 heavy (non-hydrogen) atoms. The van der Waals surface area contributed by atoms with Crippen LogP contribution >= 0.6 is 0 Å². The van der Waals surface area contributed by atoms with Gasteiger partial charge in [0.2, 0.25) is 0 Å². The minimum atomic E-state index is 0. The van der Waals surface area contributed by atoms with Crippen molar-refractivity contribution in [3.63, 3.8) is 0 Å². The van der Waals surface area contributed by atoms with Crippen molar-refractivity contribution >= 4 is 0 Å². The maximum Gasteiger partial charge on any atom is 1.00 e. The van der Waals surface area contributed by atoms with Crippen LogP contribution in [0.1, 0.15) is 60.7 Å². The van der Waals surface area contributed by atoms with E-state index in [0.717, 1.165) is 38.5 Å². The van der Waals surface area contributed by atoms with E-state index in [1.165, 1.54) is 0 Å². The van der Waals surface area contributed by atoms with E-state index in [0.29, 0.717) is 19.8 Å². The zero-order valence-corrected chi connectivity index (χ0v) is 12.4. The van der Waals surface area contributed by atoms with Crippen molar-refractivity contribution in [1.82, 2.24) is 6.15 Å². The molecule has 0 bridgehead atoms. The summed E-state index contributed by atoms with van der Waals surface area (Å²) in [6, 6.07) is 0. The Morgan fingerprint density at radius 3 is 0.824 bits per heavy atom. The van der Waals surface area contributed by atoms with Crippen LogP contribution in [0.2, 0.25) is 0 Å². The fourth-order valence-corrected chi connectivity index (χ4v) is 0.474. The van der Waals surface area contributed by atoms with Crippen molar-refractivity contribution in [2.24, 2.45) is 0 Å². The van der Waals surface area contributed by atoms with Crippen molar-refractivity contribution in [2.45, 2.75) is 59.3 Å². The summed E-state index contributed by atoms with van der Waals surface area (Å²) < 4.78 is 0. The van der Waals surface area contributed by atoms with Gasteiger partial charge in [-0.25, -0.2) is 0 Å². The molecule has 0 amide bonds. The second-order valence-corrected chi connectivity index (χ2v) is 3.23. The standard InChI is InChI=1S/3C4H10O.Li.H3N.H/c3*1-2-3-4-5;;;/h3*5H,2-4H2,1H3;;1H3;/q;;;+1;;-1. The van der Waals surface area contributed by atoms with Crippen LogP contribution in [0, 0.1) is 0 Å². The molecule has 0 aliphatic carbocycles. The molecule has 0 rings (SSSR count). The van der Waals surface area contributed by atoms with Gasteiger partial charge in [0.1, 0.15) is 0 Å². The minimum absolute atomic E-state index is 0. The third-order valence-corrected chi connectivity index (χ3v) is 1.54. The Balaban J connectivity index is -0.0000000277. The first kappa shape index (κ1) is 30.5. The first-order valence-electron chi connectivity index (χ1n) is 6.07. The number of hydrogen-bond donors (Lipinski definition) is 4. The average Bonchev–Trinajstić information content (AvgIpc) is 2.23. The van der Waals surface area contributed by atoms with Crippen LogP contribution in [-0.2, 0) is 0 Å². The van der Waals surface area contributed by atoms with E-state index in [2.05, 4.69) is 20.8 Å². The summed E-state index contributed by atoms with van der Waals surface area (Å²) in [5.41, 5.74) is 0. The van der Waals surface area contributed by atoms with Crippen molar-refractivity contribution in [2.75, 3.05) is 19.8 Å². The average molecular weight is 247 g/mol. The third-order valence-electron chi connectivity index (χ3n) is 1.54. The van der Waals surface area contributed by atoms with E-state index in [4.69, 9.17) is 15.3 Å². The van der Waals surface area contributed by atoms with Crippen molar-refractivity contribution in [3.8, 4) is 0 Å². The molecule has 106 valence electrons. The molecule has 0 aromatic rings. The molecule has 0 fully saturated rings. The number of unbranched alkanes of at least 4 members (excludes halogenated alkanes) is 3. The molecule has 0 unspecified atom stereocenters. The number of aliphatic hydroxyl groups is 3. The predicted molar refractivity (Wildman–Crippen MR) is 72.1 cm³/mol. The van der Waals surface area contributed by atoms with E-state index >= 15 is 0 Å². The monoisotopic (exact) mass is 247 g/mol. The molecule has 0 radical (unpaired) electrons. The molecule has 0 saturated heterocycles. The largest absolute Gasteiger partial charge is 1.00 e. The van der Waals surface area contributed by atoms with Gasteiger partial charge in [-0.2, -0.15) is 0 Å². The Morgan fingerprint density at radius 2 is 0.824 bits per heavy atom. The molecule has 0 heterocycles. The van der Waals surface area contributed by atoms with Crippen LogP contribution in [0.4, 0.5) is 0 Å².